The molecule has 0 unspecified atom stereocenters. The third kappa shape index (κ3) is 5.47. The molecule has 0 bridgehead atoms. The van der Waals surface area contributed by atoms with Gasteiger partial charge in [0.05, 0.1) is 22.5 Å². The minimum absolute atomic E-state index is 0. The molecule has 11 heteroatoms. The van der Waals surface area contributed by atoms with Gasteiger partial charge in [0.1, 0.15) is 28.5 Å². The first-order chi connectivity index (χ1) is 17.4. The number of amides is 1. The predicted octanol–water partition coefficient (Wildman–Crippen LogP) is 6.14. The molecule has 2 aromatic heterocycles. The van der Waals surface area contributed by atoms with E-state index in [9.17, 15) is 18.4 Å². The van der Waals surface area contributed by atoms with Gasteiger partial charge in [-0.05, 0) is 48.0 Å². The van der Waals surface area contributed by atoms with Crippen molar-refractivity contribution in [3.05, 3.63) is 111 Å². The summed E-state index contributed by atoms with van der Waals surface area (Å²) in [6, 6.07) is 16.8. The highest BCUT2D eigenvalue weighted by atomic mass is 35.5. The van der Waals surface area contributed by atoms with Gasteiger partial charge in [-0.3, -0.25) is 9.59 Å². The van der Waals surface area contributed by atoms with Gasteiger partial charge in [-0.2, -0.15) is 0 Å². The van der Waals surface area contributed by atoms with E-state index >= 15 is 0 Å². The number of para-hydroxylation sites is 1. The Kier molecular flexibility index (Phi) is 7.56. The molecule has 0 fully saturated rings. The molecule has 0 saturated heterocycles. The standard InChI is InChI=1S/C26H18ClF2N5O2.ClH/c27-15-4-1-3-14(11-15)13-31-19-9-10-30-26(36)22(19)24-32-20-5-2-6-21(23(20)34-24)33-25(35)17-8-7-16(28)12-18(17)29;/h1-12H,13H2,(H,32,34)(H,33,35)(H2,30,31,36);1H. The van der Waals surface area contributed by atoms with Gasteiger partial charge in [0.15, 0.2) is 0 Å². The number of imidazole rings is 1. The Morgan fingerprint density at radius 3 is 2.59 bits per heavy atom. The number of H-pyrrole nitrogens is 2. The molecule has 0 aliphatic heterocycles. The second-order valence-electron chi connectivity index (χ2n) is 7.94. The molecular weight excluding hydrogens is 523 g/mol. The highest BCUT2D eigenvalue weighted by Crippen LogP contribution is 2.28. The van der Waals surface area contributed by atoms with Crippen LogP contribution in [0.5, 0.6) is 0 Å². The zero-order chi connectivity index (χ0) is 25.2. The molecule has 1 amide bonds. The molecule has 5 aromatic rings. The molecule has 188 valence electrons. The summed E-state index contributed by atoms with van der Waals surface area (Å²) < 4.78 is 27.3. The van der Waals surface area contributed by atoms with Crippen LogP contribution in [0.2, 0.25) is 5.02 Å². The SMILES string of the molecule is Cl.O=C(Nc1cccc2[nH]c(-c3c(NCc4cccc(Cl)c4)cc[nH]c3=O)nc12)c1ccc(F)cc1F. The summed E-state index contributed by atoms with van der Waals surface area (Å²) in [4.78, 5) is 35.7. The zero-order valence-corrected chi connectivity index (χ0v) is 20.5. The number of aromatic nitrogens is 3. The van der Waals surface area contributed by atoms with Crippen LogP contribution in [0.25, 0.3) is 22.4 Å². The molecule has 0 radical (unpaired) electrons. The van der Waals surface area contributed by atoms with Gasteiger partial charge in [0.25, 0.3) is 11.5 Å². The number of nitrogens with one attached hydrogen (secondary N) is 4. The van der Waals surface area contributed by atoms with Crippen molar-refractivity contribution in [3.8, 4) is 11.4 Å². The van der Waals surface area contributed by atoms with Gasteiger partial charge >= 0.3 is 0 Å². The van der Waals surface area contributed by atoms with Crippen molar-refractivity contribution in [2.45, 2.75) is 6.54 Å². The van der Waals surface area contributed by atoms with Crippen LogP contribution in [0.15, 0.2) is 77.7 Å². The minimum atomic E-state index is -0.978. The monoisotopic (exact) mass is 541 g/mol. The van der Waals surface area contributed by atoms with E-state index in [1.807, 2.05) is 18.2 Å². The van der Waals surface area contributed by atoms with Crippen molar-refractivity contribution in [2.75, 3.05) is 10.6 Å². The van der Waals surface area contributed by atoms with Gasteiger partial charge in [0, 0.05) is 23.8 Å². The van der Waals surface area contributed by atoms with Crippen LogP contribution in [-0.4, -0.2) is 20.9 Å². The van der Waals surface area contributed by atoms with Gasteiger partial charge in [0.2, 0.25) is 0 Å². The molecular formula is C26H19Cl2F2N5O2. The van der Waals surface area contributed by atoms with E-state index in [4.69, 9.17) is 11.6 Å². The van der Waals surface area contributed by atoms with Crippen molar-refractivity contribution >= 4 is 52.3 Å². The number of aromatic amines is 2. The summed E-state index contributed by atoms with van der Waals surface area (Å²) in [5, 5.41) is 6.45. The number of halogens is 4. The fourth-order valence-electron chi connectivity index (χ4n) is 3.82. The average molecular weight is 542 g/mol. The van der Waals surface area contributed by atoms with Crippen LogP contribution < -0.4 is 16.2 Å². The first-order valence-corrected chi connectivity index (χ1v) is 11.2. The Bertz CT molecular complexity index is 1670. The van der Waals surface area contributed by atoms with Gasteiger partial charge < -0.3 is 20.6 Å². The van der Waals surface area contributed by atoms with Crippen molar-refractivity contribution in [2.24, 2.45) is 0 Å². The molecule has 2 heterocycles. The van der Waals surface area contributed by atoms with Crippen molar-refractivity contribution in [1.29, 1.82) is 0 Å². The van der Waals surface area contributed by atoms with Crippen LogP contribution in [0, 0.1) is 11.6 Å². The molecule has 3 aromatic carbocycles. The summed E-state index contributed by atoms with van der Waals surface area (Å²) in [7, 11) is 0. The average Bonchev–Trinajstić information content (AvgIpc) is 3.27. The number of benzene rings is 3. The molecule has 0 aliphatic carbocycles. The summed E-state index contributed by atoms with van der Waals surface area (Å²) >= 11 is 6.06. The predicted molar refractivity (Wildman–Crippen MR) is 142 cm³/mol. The Morgan fingerprint density at radius 2 is 1.81 bits per heavy atom. The topological polar surface area (TPSA) is 103 Å². The number of hydrogen-bond acceptors (Lipinski definition) is 4. The Balaban J connectivity index is 0.00000320. The van der Waals surface area contributed by atoms with Gasteiger partial charge in [-0.1, -0.05) is 29.8 Å². The van der Waals surface area contributed by atoms with E-state index in [0.717, 1.165) is 17.7 Å². The number of anilines is 2. The number of hydrogen-bond donors (Lipinski definition) is 4. The third-order valence-electron chi connectivity index (χ3n) is 5.51. The summed E-state index contributed by atoms with van der Waals surface area (Å²) in [5.41, 5.74) is 2.27. The number of fused-ring (bicyclic) bond motifs is 1. The Labute approximate surface area is 220 Å². The van der Waals surface area contributed by atoms with Crippen LogP contribution >= 0.6 is 24.0 Å². The lowest BCUT2D eigenvalue weighted by atomic mass is 10.2. The highest BCUT2D eigenvalue weighted by molar-refractivity contribution is 6.30. The van der Waals surface area contributed by atoms with E-state index in [0.29, 0.717) is 40.0 Å². The molecule has 4 N–H and O–H groups in total. The number of pyridine rings is 1. The lowest BCUT2D eigenvalue weighted by molar-refractivity contribution is 0.102. The number of carbonyl (C=O) groups is 1. The van der Waals surface area contributed by atoms with E-state index in [1.165, 1.54) is 6.20 Å². The normalized spacial score (nSPS) is 10.7. The Hall–Kier alpha value is -4.21. The van der Waals surface area contributed by atoms with Crippen LogP contribution in [0.1, 0.15) is 15.9 Å². The smallest absolute Gasteiger partial charge is 0.261 e. The Morgan fingerprint density at radius 1 is 1.00 bits per heavy atom. The molecule has 0 saturated carbocycles. The second kappa shape index (κ2) is 10.8. The van der Waals surface area contributed by atoms with Crippen LogP contribution in [-0.2, 0) is 6.54 Å². The van der Waals surface area contributed by atoms with Crippen LogP contribution in [0.4, 0.5) is 20.2 Å². The summed E-state index contributed by atoms with van der Waals surface area (Å²) in [6.45, 7) is 0.418. The maximum absolute atomic E-state index is 14.1. The zero-order valence-electron chi connectivity index (χ0n) is 18.9. The molecule has 7 nitrogen and oxygen atoms in total. The van der Waals surface area contributed by atoms with Crippen molar-refractivity contribution in [3.63, 3.8) is 0 Å². The maximum atomic E-state index is 14.1. The first kappa shape index (κ1) is 25.9. The van der Waals surface area contributed by atoms with Gasteiger partial charge in [-0.25, -0.2) is 13.8 Å². The molecule has 0 atom stereocenters. The summed E-state index contributed by atoms with van der Waals surface area (Å²) in [6.07, 6.45) is 1.53. The number of rotatable bonds is 6. The fourth-order valence-corrected chi connectivity index (χ4v) is 4.03. The summed E-state index contributed by atoms with van der Waals surface area (Å²) in [5.74, 6) is -2.24. The van der Waals surface area contributed by atoms with Gasteiger partial charge in [-0.15, -0.1) is 12.4 Å². The molecule has 0 aliphatic rings. The lowest BCUT2D eigenvalue weighted by Crippen LogP contribution is -2.14. The number of nitrogens with zero attached hydrogens (tertiary/aromatic N) is 1. The highest BCUT2D eigenvalue weighted by Gasteiger charge is 2.18. The third-order valence-corrected chi connectivity index (χ3v) is 5.74. The second-order valence-corrected chi connectivity index (χ2v) is 8.38. The number of carbonyl (C=O) groups excluding carboxylic acids is 1. The fraction of sp³-hybridized carbons (Fsp3) is 0.0385. The van der Waals surface area contributed by atoms with Crippen molar-refractivity contribution < 1.29 is 13.6 Å². The van der Waals surface area contributed by atoms with Crippen LogP contribution in [0.3, 0.4) is 0 Å². The van der Waals surface area contributed by atoms with E-state index in [2.05, 4.69) is 25.6 Å². The lowest BCUT2D eigenvalue weighted by Gasteiger charge is -2.10. The molecule has 0 spiro atoms. The molecule has 37 heavy (non-hydrogen) atoms. The van der Waals surface area contributed by atoms with E-state index in [-0.39, 0.29) is 34.9 Å². The minimum Gasteiger partial charge on any atom is -0.380 e. The largest absolute Gasteiger partial charge is 0.380 e. The van der Waals surface area contributed by atoms with E-state index in [1.54, 1.807) is 30.3 Å². The maximum Gasteiger partial charge on any atom is 0.261 e. The van der Waals surface area contributed by atoms with E-state index < -0.39 is 17.5 Å². The first-order valence-electron chi connectivity index (χ1n) is 10.8. The molecule has 5 rings (SSSR count). The van der Waals surface area contributed by atoms with Crippen molar-refractivity contribution in [1.82, 2.24) is 15.0 Å². The quantitative estimate of drug-likeness (QED) is 0.207.